The zero-order chi connectivity index (χ0) is 9.94. The minimum absolute atomic E-state index is 1.16. The normalized spacial score (nSPS) is 10.4. The van der Waals surface area contributed by atoms with Crippen LogP contribution in [0.2, 0.25) is 0 Å². The van der Waals surface area contributed by atoms with Crippen molar-refractivity contribution in [1.29, 1.82) is 0 Å². The van der Waals surface area contributed by atoms with E-state index in [2.05, 4.69) is 30.7 Å². The van der Waals surface area contributed by atoms with E-state index in [-0.39, 0.29) is 0 Å². The SMILES string of the molecule is CCC[NH][In]([NH]CCC)[NH]CCC. The van der Waals surface area contributed by atoms with Crippen LogP contribution < -0.4 is 9.91 Å². The summed E-state index contributed by atoms with van der Waals surface area (Å²) in [6.45, 7) is 10.1. The van der Waals surface area contributed by atoms with Crippen molar-refractivity contribution >= 4 is 22.3 Å². The summed E-state index contributed by atoms with van der Waals surface area (Å²) in [5.41, 5.74) is 0. The molecule has 0 aromatic heterocycles. The molecule has 3 N–H and O–H groups in total. The second-order valence-electron chi connectivity index (χ2n) is 3.30. The van der Waals surface area contributed by atoms with E-state index in [1.165, 1.54) is 19.3 Å². The second kappa shape index (κ2) is 10.8. The third kappa shape index (κ3) is 9.06. The average Bonchev–Trinajstić information content (AvgIpc) is 2.17. The fraction of sp³-hybridized carbons (Fsp3) is 1.00. The number of hydrogen-bond acceptors (Lipinski definition) is 3. The molecule has 0 aliphatic carbocycles. The number of hydrogen-bond donors (Lipinski definition) is 3. The van der Waals surface area contributed by atoms with Crippen LogP contribution in [-0.2, 0) is 0 Å². The van der Waals surface area contributed by atoms with Gasteiger partial charge in [-0.05, 0) is 0 Å². The molecule has 0 aliphatic heterocycles. The Bertz CT molecular complexity index is 81.8. The van der Waals surface area contributed by atoms with E-state index in [9.17, 15) is 0 Å². The molecular formula is C9H24InN3. The average molecular weight is 289 g/mol. The van der Waals surface area contributed by atoms with Crippen LogP contribution in [0.3, 0.4) is 0 Å². The van der Waals surface area contributed by atoms with Gasteiger partial charge in [0.2, 0.25) is 0 Å². The van der Waals surface area contributed by atoms with E-state index in [1.54, 1.807) is 0 Å². The molecule has 0 heterocycles. The summed E-state index contributed by atoms with van der Waals surface area (Å²) < 4.78 is 10.9. The summed E-state index contributed by atoms with van der Waals surface area (Å²) in [6, 6.07) is 0. The maximum atomic E-state index is 3.63. The van der Waals surface area contributed by atoms with Gasteiger partial charge in [0.25, 0.3) is 0 Å². The first kappa shape index (κ1) is 13.8. The Morgan fingerprint density at radius 2 is 1.00 bits per heavy atom. The van der Waals surface area contributed by atoms with Crippen molar-refractivity contribution < 1.29 is 0 Å². The Morgan fingerprint density at radius 1 is 0.692 bits per heavy atom. The van der Waals surface area contributed by atoms with E-state index in [0.29, 0.717) is 0 Å². The van der Waals surface area contributed by atoms with Crippen LogP contribution in [0.15, 0.2) is 0 Å². The van der Waals surface area contributed by atoms with Crippen LogP contribution >= 0.6 is 0 Å². The van der Waals surface area contributed by atoms with Crippen LogP contribution in [0.1, 0.15) is 40.0 Å². The van der Waals surface area contributed by atoms with E-state index >= 15 is 0 Å². The van der Waals surface area contributed by atoms with Gasteiger partial charge in [-0.2, -0.15) is 0 Å². The molecule has 0 aromatic rings. The fourth-order valence-corrected chi connectivity index (χ4v) is 7.26. The monoisotopic (exact) mass is 289 g/mol. The summed E-state index contributed by atoms with van der Waals surface area (Å²) in [6.07, 6.45) is 3.69. The molecule has 0 amide bonds. The maximum absolute atomic E-state index is 3.63. The molecule has 4 heteroatoms. The Kier molecular flexibility index (Phi) is 11.5. The van der Waals surface area contributed by atoms with Gasteiger partial charge in [-0.25, -0.2) is 0 Å². The number of nitrogens with one attached hydrogen (secondary N) is 3. The minimum atomic E-state index is -1.72. The van der Waals surface area contributed by atoms with Gasteiger partial charge in [0.1, 0.15) is 0 Å². The summed E-state index contributed by atoms with van der Waals surface area (Å²) in [7, 11) is 0. The van der Waals surface area contributed by atoms with Crippen LogP contribution in [-0.4, -0.2) is 41.9 Å². The molecule has 0 saturated carbocycles. The predicted molar refractivity (Wildman–Crippen MR) is 60.6 cm³/mol. The molecule has 0 spiro atoms. The van der Waals surface area contributed by atoms with Crippen molar-refractivity contribution in [2.75, 3.05) is 19.6 Å². The van der Waals surface area contributed by atoms with E-state index in [4.69, 9.17) is 0 Å². The van der Waals surface area contributed by atoms with Crippen molar-refractivity contribution in [3.63, 3.8) is 0 Å². The first-order valence-electron chi connectivity index (χ1n) is 5.55. The van der Waals surface area contributed by atoms with E-state index in [1.807, 2.05) is 0 Å². The zero-order valence-electron chi connectivity index (χ0n) is 9.32. The second-order valence-corrected chi connectivity index (χ2v) is 9.26. The Hall–Kier alpha value is 0.750. The molecule has 3 nitrogen and oxygen atoms in total. The molecule has 0 aromatic carbocycles. The molecule has 0 rings (SSSR count). The van der Waals surface area contributed by atoms with Crippen molar-refractivity contribution in [2.24, 2.45) is 0 Å². The van der Waals surface area contributed by atoms with Crippen LogP contribution in [0.25, 0.3) is 0 Å². The Labute approximate surface area is 91.8 Å². The molecule has 0 bridgehead atoms. The predicted octanol–water partition coefficient (Wildman–Crippen LogP) is 0.970. The molecule has 0 aliphatic rings. The summed E-state index contributed by atoms with van der Waals surface area (Å²) in [4.78, 5) is 0. The topological polar surface area (TPSA) is 36.1 Å². The molecule has 0 fully saturated rings. The number of rotatable bonds is 9. The molecule has 0 radical (unpaired) electrons. The van der Waals surface area contributed by atoms with Gasteiger partial charge >= 0.3 is 91.9 Å². The van der Waals surface area contributed by atoms with Crippen molar-refractivity contribution in [1.82, 2.24) is 9.91 Å². The third-order valence-corrected chi connectivity index (χ3v) is 7.76. The van der Waals surface area contributed by atoms with E-state index < -0.39 is 22.3 Å². The zero-order valence-corrected chi connectivity index (χ0v) is 12.6. The molecular weight excluding hydrogens is 265 g/mol. The van der Waals surface area contributed by atoms with Crippen molar-refractivity contribution in [3.05, 3.63) is 0 Å². The van der Waals surface area contributed by atoms with Crippen molar-refractivity contribution in [3.8, 4) is 0 Å². The van der Waals surface area contributed by atoms with Crippen LogP contribution in [0.5, 0.6) is 0 Å². The third-order valence-electron chi connectivity index (χ3n) is 1.80. The van der Waals surface area contributed by atoms with Gasteiger partial charge in [0, 0.05) is 0 Å². The first-order chi connectivity index (χ1) is 6.35. The van der Waals surface area contributed by atoms with Crippen LogP contribution in [0.4, 0.5) is 0 Å². The van der Waals surface area contributed by atoms with Gasteiger partial charge in [0.05, 0.1) is 0 Å². The molecule has 0 saturated heterocycles. The van der Waals surface area contributed by atoms with E-state index in [0.717, 1.165) is 19.6 Å². The quantitative estimate of drug-likeness (QED) is 0.592. The summed E-state index contributed by atoms with van der Waals surface area (Å²) in [5.74, 6) is 0. The van der Waals surface area contributed by atoms with Gasteiger partial charge in [-0.3, -0.25) is 0 Å². The van der Waals surface area contributed by atoms with Gasteiger partial charge < -0.3 is 0 Å². The van der Waals surface area contributed by atoms with Gasteiger partial charge in [-0.15, -0.1) is 0 Å². The molecule has 78 valence electrons. The van der Waals surface area contributed by atoms with Crippen LogP contribution in [0, 0.1) is 0 Å². The Balaban J connectivity index is 3.47. The fourth-order valence-electron chi connectivity index (χ4n) is 1.08. The van der Waals surface area contributed by atoms with Crippen molar-refractivity contribution in [2.45, 2.75) is 40.0 Å². The van der Waals surface area contributed by atoms with Gasteiger partial charge in [0.15, 0.2) is 0 Å². The summed E-state index contributed by atoms with van der Waals surface area (Å²) >= 11 is -1.72. The standard InChI is InChI=1S/3C3H8N.In/c3*1-2-3-4;/h3*4H,2-3H2,1H3;/q3*-1;+3. The van der Waals surface area contributed by atoms with Gasteiger partial charge in [-0.1, -0.05) is 0 Å². The Morgan fingerprint density at radius 3 is 1.23 bits per heavy atom. The molecule has 0 unspecified atom stereocenters. The molecule has 0 atom stereocenters. The first-order valence-corrected chi connectivity index (χ1v) is 10.5. The molecule has 13 heavy (non-hydrogen) atoms. The summed E-state index contributed by atoms with van der Waals surface area (Å²) in [5, 5.41) is 0.